The first-order chi connectivity index (χ1) is 14.2. The Balaban J connectivity index is 1.53. The Bertz CT molecular complexity index is 1130. The number of hydrazine groups is 1. The molecule has 4 rings (SSSR count). The summed E-state index contributed by atoms with van der Waals surface area (Å²) >= 11 is 5.35. The first kappa shape index (κ1) is 18.8. The van der Waals surface area contributed by atoms with E-state index in [9.17, 15) is 0 Å². The van der Waals surface area contributed by atoms with Crippen molar-refractivity contribution in [1.29, 1.82) is 0 Å². The number of hydrogen-bond acceptors (Lipinski definition) is 4. The second kappa shape index (κ2) is 8.67. The topological polar surface area (TPSA) is 61.9 Å². The van der Waals surface area contributed by atoms with Crippen molar-refractivity contribution in [1.82, 2.24) is 20.7 Å². The van der Waals surface area contributed by atoms with Gasteiger partial charge in [-0.2, -0.15) is 0 Å². The Morgan fingerprint density at radius 3 is 2.38 bits per heavy atom. The molecule has 0 fully saturated rings. The van der Waals surface area contributed by atoms with E-state index in [0.29, 0.717) is 17.6 Å². The molecule has 0 bridgehead atoms. The lowest BCUT2D eigenvalue weighted by Gasteiger charge is -2.14. The van der Waals surface area contributed by atoms with Crippen LogP contribution >= 0.6 is 12.2 Å². The molecule has 0 spiro atoms. The molecule has 0 saturated heterocycles. The number of rotatable bonds is 5. The molecule has 0 aliphatic carbocycles. The highest BCUT2D eigenvalue weighted by Crippen LogP contribution is 2.27. The summed E-state index contributed by atoms with van der Waals surface area (Å²) in [5.41, 5.74) is 11.1. The summed E-state index contributed by atoms with van der Waals surface area (Å²) in [6, 6.07) is 26.4. The van der Waals surface area contributed by atoms with Gasteiger partial charge in [0.25, 0.3) is 0 Å². The molecule has 0 aliphatic rings. The van der Waals surface area contributed by atoms with E-state index in [4.69, 9.17) is 17.2 Å². The number of benzene rings is 3. The number of anilines is 1. The number of nitrogens with zero attached hydrogens (tertiary/aromatic N) is 2. The lowest BCUT2D eigenvalue weighted by atomic mass is 10.1. The Labute approximate surface area is 175 Å². The van der Waals surface area contributed by atoms with E-state index in [0.717, 1.165) is 33.3 Å². The van der Waals surface area contributed by atoms with Crippen LogP contribution in [0.25, 0.3) is 22.2 Å². The molecule has 144 valence electrons. The van der Waals surface area contributed by atoms with Crippen LogP contribution in [0.1, 0.15) is 11.1 Å². The molecular weight excluding hydrogens is 378 g/mol. The van der Waals surface area contributed by atoms with Crippen molar-refractivity contribution in [2.75, 3.05) is 5.43 Å². The summed E-state index contributed by atoms with van der Waals surface area (Å²) in [6.07, 6.45) is 0. The minimum Gasteiger partial charge on any atom is -0.357 e. The molecular formula is C23H21N5S. The fourth-order valence-electron chi connectivity index (χ4n) is 3.05. The van der Waals surface area contributed by atoms with Crippen molar-refractivity contribution in [2.45, 2.75) is 13.5 Å². The highest BCUT2D eigenvalue weighted by Gasteiger charge is 2.10. The van der Waals surface area contributed by atoms with Gasteiger partial charge in [0.05, 0.1) is 11.2 Å². The number of fused-ring (bicyclic) bond motifs is 1. The zero-order valence-electron chi connectivity index (χ0n) is 16.0. The molecule has 3 N–H and O–H groups in total. The van der Waals surface area contributed by atoms with Crippen molar-refractivity contribution >= 4 is 34.2 Å². The normalized spacial score (nSPS) is 10.5. The predicted octanol–water partition coefficient (Wildman–Crippen LogP) is 4.60. The summed E-state index contributed by atoms with van der Waals surface area (Å²) < 4.78 is 0. The monoisotopic (exact) mass is 399 g/mol. The quantitative estimate of drug-likeness (QED) is 0.337. The molecule has 0 aliphatic heterocycles. The van der Waals surface area contributed by atoms with Crippen LogP contribution < -0.4 is 16.2 Å². The fourth-order valence-corrected chi connectivity index (χ4v) is 3.17. The Morgan fingerprint density at radius 1 is 0.897 bits per heavy atom. The van der Waals surface area contributed by atoms with Crippen molar-refractivity contribution in [2.24, 2.45) is 0 Å². The van der Waals surface area contributed by atoms with Crippen LogP contribution in [-0.4, -0.2) is 15.1 Å². The van der Waals surface area contributed by atoms with Gasteiger partial charge in [-0.15, -0.1) is 0 Å². The fraction of sp³-hybridized carbons (Fsp3) is 0.0870. The summed E-state index contributed by atoms with van der Waals surface area (Å²) in [6.45, 7) is 2.69. The number of aromatic nitrogens is 2. The standard InChI is InChI=1S/C23H21N5S/c1-16-12-13-19-20(14-16)25-22(26-21(19)18-10-6-3-7-11-18)27-28-23(29)24-15-17-8-4-2-5-9-17/h2-14H,15H2,1H3,(H2,24,28,29)(H,25,26,27). The van der Waals surface area contributed by atoms with Gasteiger partial charge in [0.15, 0.2) is 5.11 Å². The minimum atomic E-state index is 0.464. The molecule has 6 heteroatoms. The average molecular weight is 400 g/mol. The van der Waals surface area contributed by atoms with Crippen molar-refractivity contribution in [3.8, 4) is 11.3 Å². The second-order valence-electron chi connectivity index (χ2n) is 6.70. The highest BCUT2D eigenvalue weighted by atomic mass is 32.1. The SMILES string of the molecule is Cc1ccc2c(-c3ccccc3)nc(NNC(=S)NCc3ccccc3)nc2c1. The van der Waals surface area contributed by atoms with Crippen molar-refractivity contribution in [3.05, 3.63) is 90.0 Å². The summed E-state index contributed by atoms with van der Waals surface area (Å²) in [5.74, 6) is 0.464. The third-order valence-electron chi connectivity index (χ3n) is 4.48. The van der Waals surface area contributed by atoms with Crippen LogP contribution in [0.3, 0.4) is 0 Å². The molecule has 3 aromatic carbocycles. The van der Waals surface area contributed by atoms with Gasteiger partial charge in [-0.25, -0.2) is 9.97 Å². The molecule has 0 unspecified atom stereocenters. The number of thiocarbonyl (C=S) groups is 1. The zero-order valence-corrected chi connectivity index (χ0v) is 16.8. The second-order valence-corrected chi connectivity index (χ2v) is 7.11. The summed E-state index contributed by atoms with van der Waals surface area (Å²) in [5, 5.41) is 4.65. The maximum atomic E-state index is 5.35. The third-order valence-corrected chi connectivity index (χ3v) is 4.73. The van der Waals surface area contributed by atoms with Gasteiger partial charge in [-0.1, -0.05) is 72.8 Å². The molecule has 0 radical (unpaired) electrons. The zero-order chi connectivity index (χ0) is 20.1. The molecule has 0 amide bonds. The van der Waals surface area contributed by atoms with Gasteiger partial charge in [0.1, 0.15) is 0 Å². The number of hydrogen-bond donors (Lipinski definition) is 3. The van der Waals surface area contributed by atoms with Gasteiger partial charge in [-0.3, -0.25) is 10.9 Å². The summed E-state index contributed by atoms with van der Waals surface area (Å²) in [4.78, 5) is 9.36. The molecule has 0 saturated carbocycles. The van der Waals surface area contributed by atoms with Crippen LogP contribution in [0.4, 0.5) is 5.95 Å². The maximum absolute atomic E-state index is 5.35. The molecule has 29 heavy (non-hydrogen) atoms. The van der Waals surface area contributed by atoms with E-state index in [2.05, 4.69) is 46.3 Å². The largest absolute Gasteiger partial charge is 0.357 e. The van der Waals surface area contributed by atoms with Crippen LogP contribution in [0.2, 0.25) is 0 Å². The van der Waals surface area contributed by atoms with Crippen molar-refractivity contribution < 1.29 is 0 Å². The van der Waals surface area contributed by atoms with Crippen LogP contribution in [-0.2, 0) is 6.54 Å². The Kier molecular flexibility index (Phi) is 5.63. The summed E-state index contributed by atoms with van der Waals surface area (Å²) in [7, 11) is 0. The lowest BCUT2D eigenvalue weighted by molar-refractivity contribution is 0.880. The van der Waals surface area contributed by atoms with E-state index in [1.807, 2.05) is 60.7 Å². The molecule has 0 atom stereocenters. The van der Waals surface area contributed by atoms with Gasteiger partial charge in [0, 0.05) is 17.5 Å². The van der Waals surface area contributed by atoms with Crippen LogP contribution in [0.5, 0.6) is 0 Å². The Morgan fingerprint density at radius 2 is 1.62 bits per heavy atom. The maximum Gasteiger partial charge on any atom is 0.242 e. The molecule has 5 nitrogen and oxygen atoms in total. The van der Waals surface area contributed by atoms with Crippen LogP contribution in [0.15, 0.2) is 78.9 Å². The predicted molar refractivity (Wildman–Crippen MR) is 122 cm³/mol. The van der Waals surface area contributed by atoms with E-state index in [1.165, 1.54) is 0 Å². The number of nitrogens with one attached hydrogen (secondary N) is 3. The first-order valence-corrected chi connectivity index (χ1v) is 9.77. The average Bonchev–Trinajstić information content (AvgIpc) is 2.76. The highest BCUT2D eigenvalue weighted by molar-refractivity contribution is 7.80. The smallest absolute Gasteiger partial charge is 0.242 e. The first-order valence-electron chi connectivity index (χ1n) is 9.37. The molecule has 4 aromatic rings. The minimum absolute atomic E-state index is 0.464. The van der Waals surface area contributed by atoms with E-state index < -0.39 is 0 Å². The van der Waals surface area contributed by atoms with Gasteiger partial charge < -0.3 is 5.32 Å². The Hall–Kier alpha value is -3.51. The third kappa shape index (κ3) is 4.67. The van der Waals surface area contributed by atoms with Crippen LogP contribution in [0, 0.1) is 6.92 Å². The van der Waals surface area contributed by atoms with Gasteiger partial charge in [0.2, 0.25) is 5.95 Å². The van der Waals surface area contributed by atoms with E-state index in [-0.39, 0.29) is 0 Å². The number of aryl methyl sites for hydroxylation is 1. The van der Waals surface area contributed by atoms with Gasteiger partial charge >= 0.3 is 0 Å². The van der Waals surface area contributed by atoms with E-state index in [1.54, 1.807) is 0 Å². The lowest BCUT2D eigenvalue weighted by Crippen LogP contribution is -2.38. The van der Waals surface area contributed by atoms with Crippen molar-refractivity contribution in [3.63, 3.8) is 0 Å². The van der Waals surface area contributed by atoms with Gasteiger partial charge in [-0.05, 0) is 36.3 Å². The molecule has 1 aromatic heterocycles. The molecule has 1 heterocycles. The van der Waals surface area contributed by atoms with E-state index >= 15 is 0 Å².